The maximum atomic E-state index is 12.0. The van der Waals surface area contributed by atoms with Crippen molar-refractivity contribution in [2.45, 2.75) is 6.42 Å². The van der Waals surface area contributed by atoms with Crippen molar-refractivity contribution >= 4 is 33.6 Å². The van der Waals surface area contributed by atoms with Crippen LogP contribution in [0.1, 0.15) is 11.1 Å². The fraction of sp³-hybridized carbons (Fsp3) is 0.0625. The van der Waals surface area contributed by atoms with Crippen LogP contribution in [0.25, 0.3) is 6.08 Å². The molecule has 0 aromatic heterocycles. The van der Waals surface area contributed by atoms with Gasteiger partial charge >= 0.3 is 0 Å². The molecule has 1 amide bonds. The van der Waals surface area contributed by atoms with Crippen molar-refractivity contribution in [3.05, 3.63) is 69.7 Å². The van der Waals surface area contributed by atoms with Crippen LogP contribution in [0, 0.1) is 0 Å². The van der Waals surface area contributed by atoms with Crippen LogP contribution in [0.4, 0.5) is 5.69 Å². The van der Waals surface area contributed by atoms with E-state index in [1.54, 1.807) is 0 Å². The number of nitrogens with one attached hydrogen (secondary N) is 1. The second-order valence-corrected chi connectivity index (χ2v) is 5.42. The van der Waals surface area contributed by atoms with Crippen molar-refractivity contribution in [1.29, 1.82) is 0 Å². The van der Waals surface area contributed by atoms with Crippen LogP contribution in [0.3, 0.4) is 0 Å². The first-order valence-electron chi connectivity index (χ1n) is 6.08. The summed E-state index contributed by atoms with van der Waals surface area (Å²) in [7, 11) is 0. The molecule has 0 bridgehead atoms. The zero-order chi connectivity index (χ0) is 13.2. The average Bonchev–Trinajstić information content (AvgIpc) is 2.42. The molecule has 19 heavy (non-hydrogen) atoms. The number of carbonyl (C=O) groups is 1. The van der Waals surface area contributed by atoms with Gasteiger partial charge < -0.3 is 5.32 Å². The van der Waals surface area contributed by atoms with Crippen LogP contribution in [0.2, 0.25) is 0 Å². The highest BCUT2D eigenvalue weighted by Gasteiger charge is 2.19. The average molecular weight is 314 g/mol. The Labute approximate surface area is 120 Å². The van der Waals surface area contributed by atoms with Crippen LogP contribution in [-0.2, 0) is 11.2 Å². The second-order valence-electron chi connectivity index (χ2n) is 4.51. The molecule has 0 saturated carbocycles. The minimum atomic E-state index is -0.0124. The summed E-state index contributed by atoms with van der Waals surface area (Å²) in [6, 6.07) is 15.8. The Balaban J connectivity index is 1.94. The molecule has 0 unspecified atom stereocenters. The number of fused-ring (bicyclic) bond motifs is 1. The number of amides is 1. The number of hydrogen-bond acceptors (Lipinski definition) is 1. The summed E-state index contributed by atoms with van der Waals surface area (Å²) in [5.74, 6) is -0.0124. The lowest BCUT2D eigenvalue weighted by Crippen LogP contribution is -2.21. The third kappa shape index (κ3) is 2.61. The molecule has 1 aliphatic heterocycles. The Hall–Kier alpha value is -1.87. The van der Waals surface area contributed by atoms with Crippen molar-refractivity contribution in [1.82, 2.24) is 0 Å². The Bertz CT molecular complexity index is 659. The SMILES string of the molecule is O=C1Nc2ccccc2C/C1=C\c1ccc(Br)cc1. The topological polar surface area (TPSA) is 29.1 Å². The first-order valence-corrected chi connectivity index (χ1v) is 6.87. The van der Waals surface area contributed by atoms with Crippen molar-refractivity contribution in [3.63, 3.8) is 0 Å². The predicted molar refractivity (Wildman–Crippen MR) is 80.9 cm³/mol. The van der Waals surface area contributed by atoms with Gasteiger partial charge in [-0.1, -0.05) is 46.3 Å². The summed E-state index contributed by atoms with van der Waals surface area (Å²) in [5.41, 5.74) is 3.90. The summed E-state index contributed by atoms with van der Waals surface area (Å²) in [5, 5.41) is 2.93. The molecule has 2 aromatic carbocycles. The Morgan fingerprint density at radius 2 is 1.79 bits per heavy atom. The van der Waals surface area contributed by atoms with Crippen LogP contribution in [0.5, 0.6) is 0 Å². The number of benzene rings is 2. The van der Waals surface area contributed by atoms with E-state index in [-0.39, 0.29) is 5.91 Å². The molecule has 1 N–H and O–H groups in total. The molecule has 0 radical (unpaired) electrons. The standard InChI is InChI=1S/C16H12BrNO/c17-14-7-5-11(6-8-14)9-13-10-12-3-1-2-4-15(12)18-16(13)19/h1-9H,10H2,(H,18,19)/b13-9+. The molecule has 94 valence electrons. The molecular formula is C16H12BrNO. The van der Waals surface area contributed by atoms with Crippen LogP contribution in [0.15, 0.2) is 58.6 Å². The highest BCUT2D eigenvalue weighted by molar-refractivity contribution is 9.10. The van der Waals surface area contributed by atoms with E-state index in [2.05, 4.69) is 21.2 Å². The van der Waals surface area contributed by atoms with Crippen molar-refractivity contribution in [3.8, 4) is 0 Å². The van der Waals surface area contributed by atoms with Gasteiger partial charge in [0.2, 0.25) is 0 Å². The van der Waals surface area contributed by atoms with Gasteiger partial charge in [-0.2, -0.15) is 0 Å². The van der Waals surface area contributed by atoms with Gasteiger partial charge in [0.05, 0.1) is 0 Å². The third-order valence-corrected chi connectivity index (χ3v) is 3.68. The number of halogens is 1. The van der Waals surface area contributed by atoms with Crippen LogP contribution < -0.4 is 5.32 Å². The molecule has 0 aliphatic carbocycles. The molecule has 3 rings (SSSR count). The van der Waals surface area contributed by atoms with E-state index in [1.165, 1.54) is 0 Å². The molecule has 1 aliphatic rings. The summed E-state index contributed by atoms with van der Waals surface area (Å²) in [4.78, 5) is 12.0. The Morgan fingerprint density at radius 3 is 2.58 bits per heavy atom. The van der Waals surface area contributed by atoms with Gasteiger partial charge in [0.25, 0.3) is 5.91 Å². The fourth-order valence-corrected chi connectivity index (χ4v) is 2.43. The number of para-hydroxylation sites is 1. The number of anilines is 1. The number of hydrogen-bond donors (Lipinski definition) is 1. The zero-order valence-corrected chi connectivity index (χ0v) is 11.8. The summed E-state index contributed by atoms with van der Waals surface area (Å²) in [6.45, 7) is 0. The molecular weight excluding hydrogens is 302 g/mol. The molecule has 1 heterocycles. The van der Waals surface area contributed by atoms with E-state index in [4.69, 9.17) is 0 Å². The summed E-state index contributed by atoms with van der Waals surface area (Å²) >= 11 is 3.40. The first-order chi connectivity index (χ1) is 9.22. The lowest BCUT2D eigenvalue weighted by molar-refractivity contribution is -0.113. The Morgan fingerprint density at radius 1 is 1.05 bits per heavy atom. The molecule has 2 aromatic rings. The van der Waals surface area contributed by atoms with E-state index in [0.29, 0.717) is 6.42 Å². The third-order valence-electron chi connectivity index (χ3n) is 3.15. The van der Waals surface area contributed by atoms with E-state index < -0.39 is 0 Å². The van der Waals surface area contributed by atoms with Gasteiger partial charge in [0.1, 0.15) is 0 Å². The molecule has 0 fully saturated rings. The van der Waals surface area contributed by atoms with Gasteiger partial charge in [0.15, 0.2) is 0 Å². The van der Waals surface area contributed by atoms with Gasteiger partial charge in [-0.15, -0.1) is 0 Å². The van der Waals surface area contributed by atoms with E-state index >= 15 is 0 Å². The van der Waals surface area contributed by atoms with Gasteiger partial charge in [0, 0.05) is 22.2 Å². The van der Waals surface area contributed by atoms with E-state index in [1.807, 2.05) is 54.6 Å². The van der Waals surface area contributed by atoms with Gasteiger partial charge in [-0.3, -0.25) is 4.79 Å². The highest BCUT2D eigenvalue weighted by Crippen LogP contribution is 2.26. The van der Waals surface area contributed by atoms with E-state index in [9.17, 15) is 4.79 Å². The lowest BCUT2D eigenvalue weighted by Gasteiger charge is -2.19. The van der Waals surface area contributed by atoms with Crippen molar-refractivity contribution in [2.24, 2.45) is 0 Å². The highest BCUT2D eigenvalue weighted by atomic mass is 79.9. The normalized spacial score (nSPS) is 16.1. The smallest absolute Gasteiger partial charge is 0.251 e. The van der Waals surface area contributed by atoms with Crippen molar-refractivity contribution in [2.75, 3.05) is 5.32 Å². The molecule has 3 heteroatoms. The van der Waals surface area contributed by atoms with Gasteiger partial charge in [-0.05, 0) is 35.4 Å². The van der Waals surface area contributed by atoms with Crippen LogP contribution >= 0.6 is 15.9 Å². The lowest BCUT2D eigenvalue weighted by atomic mass is 9.97. The minimum absolute atomic E-state index is 0.0124. The maximum absolute atomic E-state index is 12.0. The minimum Gasteiger partial charge on any atom is -0.322 e. The molecule has 2 nitrogen and oxygen atoms in total. The molecule has 0 atom stereocenters. The predicted octanol–water partition coefficient (Wildman–Crippen LogP) is 4.03. The molecule has 0 saturated heterocycles. The Kier molecular flexibility index (Phi) is 3.22. The largest absolute Gasteiger partial charge is 0.322 e. The fourth-order valence-electron chi connectivity index (χ4n) is 2.16. The summed E-state index contributed by atoms with van der Waals surface area (Å²) in [6.07, 6.45) is 2.62. The summed E-state index contributed by atoms with van der Waals surface area (Å²) < 4.78 is 1.04. The second kappa shape index (κ2) is 5.02. The molecule has 0 spiro atoms. The van der Waals surface area contributed by atoms with Crippen LogP contribution in [-0.4, -0.2) is 5.91 Å². The first kappa shape index (κ1) is 12.2. The number of carbonyl (C=O) groups excluding carboxylic acids is 1. The van der Waals surface area contributed by atoms with E-state index in [0.717, 1.165) is 26.9 Å². The zero-order valence-electron chi connectivity index (χ0n) is 10.2. The van der Waals surface area contributed by atoms with Crippen molar-refractivity contribution < 1.29 is 4.79 Å². The maximum Gasteiger partial charge on any atom is 0.251 e. The quantitative estimate of drug-likeness (QED) is 0.791. The van der Waals surface area contributed by atoms with Gasteiger partial charge in [-0.25, -0.2) is 0 Å². The number of rotatable bonds is 1. The monoisotopic (exact) mass is 313 g/mol.